The molecule has 0 aliphatic rings. The third-order valence-corrected chi connectivity index (χ3v) is 2.64. The molecule has 1 N–H and O–H groups in total. The van der Waals surface area contributed by atoms with Crippen molar-refractivity contribution in [1.82, 2.24) is 0 Å². The summed E-state index contributed by atoms with van der Waals surface area (Å²) >= 11 is 3.31. The average Bonchev–Trinajstić information content (AvgIpc) is 2.16. The van der Waals surface area contributed by atoms with E-state index >= 15 is 0 Å². The van der Waals surface area contributed by atoms with Crippen LogP contribution in [-0.4, -0.2) is 11.7 Å². The lowest BCUT2D eigenvalue weighted by Gasteiger charge is -2.11. The SMILES string of the molecule is CC(=O)c1ccc(Br)cc1NC(=O)C(C)C. The van der Waals surface area contributed by atoms with Crippen molar-refractivity contribution < 1.29 is 9.59 Å². The molecule has 0 aliphatic heterocycles. The lowest BCUT2D eigenvalue weighted by atomic mass is 10.1. The second kappa shape index (κ2) is 5.25. The van der Waals surface area contributed by atoms with Crippen LogP contribution >= 0.6 is 15.9 Å². The number of carbonyl (C=O) groups excluding carboxylic acids is 2. The van der Waals surface area contributed by atoms with Crippen molar-refractivity contribution in [3.8, 4) is 0 Å². The molecule has 0 atom stereocenters. The van der Waals surface area contributed by atoms with Crippen LogP contribution in [0.4, 0.5) is 5.69 Å². The fourth-order valence-electron chi connectivity index (χ4n) is 1.20. The van der Waals surface area contributed by atoms with E-state index in [1.165, 1.54) is 6.92 Å². The highest BCUT2D eigenvalue weighted by Crippen LogP contribution is 2.22. The molecule has 0 heterocycles. The number of nitrogens with one attached hydrogen (secondary N) is 1. The van der Waals surface area contributed by atoms with Gasteiger partial charge in [-0.05, 0) is 25.1 Å². The Kier molecular flexibility index (Phi) is 4.24. The smallest absolute Gasteiger partial charge is 0.226 e. The molecule has 1 aromatic rings. The van der Waals surface area contributed by atoms with E-state index in [9.17, 15) is 9.59 Å². The molecule has 3 nitrogen and oxygen atoms in total. The molecule has 0 saturated heterocycles. The normalized spacial score (nSPS) is 10.3. The number of benzene rings is 1. The summed E-state index contributed by atoms with van der Waals surface area (Å²) in [7, 11) is 0. The van der Waals surface area contributed by atoms with E-state index in [1.54, 1.807) is 32.0 Å². The van der Waals surface area contributed by atoms with E-state index < -0.39 is 0 Å². The zero-order valence-corrected chi connectivity index (χ0v) is 11.1. The van der Waals surface area contributed by atoms with Crippen molar-refractivity contribution in [3.05, 3.63) is 28.2 Å². The number of carbonyl (C=O) groups is 2. The van der Waals surface area contributed by atoms with Gasteiger partial charge in [0.25, 0.3) is 0 Å². The monoisotopic (exact) mass is 283 g/mol. The van der Waals surface area contributed by atoms with E-state index in [4.69, 9.17) is 0 Å². The Morgan fingerprint density at radius 3 is 2.44 bits per heavy atom. The maximum Gasteiger partial charge on any atom is 0.226 e. The summed E-state index contributed by atoms with van der Waals surface area (Å²) in [6.45, 7) is 5.09. The highest BCUT2D eigenvalue weighted by atomic mass is 79.9. The van der Waals surface area contributed by atoms with Crippen LogP contribution in [0.15, 0.2) is 22.7 Å². The fraction of sp³-hybridized carbons (Fsp3) is 0.333. The number of rotatable bonds is 3. The number of halogens is 1. The second-order valence-corrected chi connectivity index (χ2v) is 4.81. The third kappa shape index (κ3) is 3.17. The van der Waals surface area contributed by atoms with E-state index in [1.807, 2.05) is 0 Å². The van der Waals surface area contributed by atoms with Crippen molar-refractivity contribution in [2.24, 2.45) is 5.92 Å². The molecule has 0 radical (unpaired) electrons. The predicted molar refractivity (Wildman–Crippen MR) is 67.6 cm³/mol. The van der Waals surface area contributed by atoms with E-state index in [2.05, 4.69) is 21.2 Å². The minimum atomic E-state index is -0.112. The van der Waals surface area contributed by atoms with Crippen molar-refractivity contribution in [3.63, 3.8) is 0 Å². The molecule has 1 amide bonds. The maximum atomic E-state index is 11.6. The molecule has 4 heteroatoms. The zero-order valence-electron chi connectivity index (χ0n) is 9.50. The van der Waals surface area contributed by atoms with E-state index in [0.29, 0.717) is 11.3 Å². The van der Waals surface area contributed by atoms with Gasteiger partial charge in [-0.1, -0.05) is 29.8 Å². The highest BCUT2D eigenvalue weighted by molar-refractivity contribution is 9.10. The Bertz CT molecular complexity index is 427. The first-order valence-corrected chi connectivity index (χ1v) is 5.82. The Labute approximate surface area is 103 Å². The van der Waals surface area contributed by atoms with Crippen LogP contribution in [0.2, 0.25) is 0 Å². The molecule has 1 rings (SSSR count). The van der Waals surface area contributed by atoms with Crippen molar-refractivity contribution in [1.29, 1.82) is 0 Å². The first kappa shape index (κ1) is 12.9. The van der Waals surface area contributed by atoms with Gasteiger partial charge in [0.15, 0.2) is 5.78 Å². The van der Waals surface area contributed by atoms with E-state index in [0.717, 1.165) is 4.47 Å². The molecule has 0 unspecified atom stereocenters. The number of hydrogen-bond donors (Lipinski definition) is 1. The lowest BCUT2D eigenvalue weighted by Crippen LogP contribution is -2.19. The molecule has 0 bridgehead atoms. The first-order valence-electron chi connectivity index (χ1n) is 5.03. The number of Topliss-reactive ketones (excluding diaryl/α,β-unsaturated/α-hetero) is 1. The minimum absolute atomic E-state index is 0.0634. The van der Waals surface area contributed by atoms with Crippen LogP contribution in [0.3, 0.4) is 0 Å². The van der Waals surface area contributed by atoms with Gasteiger partial charge in [-0.3, -0.25) is 9.59 Å². The summed E-state index contributed by atoms with van der Waals surface area (Å²) in [5, 5.41) is 2.74. The van der Waals surface area contributed by atoms with Gasteiger partial charge in [0.2, 0.25) is 5.91 Å². The van der Waals surface area contributed by atoms with Gasteiger partial charge >= 0.3 is 0 Å². The molecule has 0 aliphatic carbocycles. The Morgan fingerprint density at radius 1 is 1.31 bits per heavy atom. The van der Waals surface area contributed by atoms with Crippen LogP contribution < -0.4 is 5.32 Å². The standard InChI is InChI=1S/C12H14BrNO2/c1-7(2)12(16)14-11-6-9(13)4-5-10(11)8(3)15/h4-7H,1-3H3,(H,14,16). The predicted octanol–water partition coefficient (Wildman–Crippen LogP) is 3.25. The minimum Gasteiger partial charge on any atom is -0.325 e. The fourth-order valence-corrected chi connectivity index (χ4v) is 1.57. The first-order chi connectivity index (χ1) is 7.41. The Hall–Kier alpha value is -1.16. The van der Waals surface area contributed by atoms with Crippen molar-refractivity contribution in [2.75, 3.05) is 5.32 Å². The van der Waals surface area contributed by atoms with Gasteiger partial charge in [0.05, 0.1) is 5.69 Å². The van der Waals surface area contributed by atoms with Crippen molar-refractivity contribution in [2.45, 2.75) is 20.8 Å². The zero-order chi connectivity index (χ0) is 12.3. The van der Waals surface area contributed by atoms with Crippen LogP contribution in [0, 0.1) is 5.92 Å². The number of amides is 1. The van der Waals surface area contributed by atoms with Gasteiger partial charge in [-0.15, -0.1) is 0 Å². The largest absolute Gasteiger partial charge is 0.325 e. The Balaban J connectivity index is 3.06. The second-order valence-electron chi connectivity index (χ2n) is 3.89. The van der Waals surface area contributed by atoms with Gasteiger partial charge in [0.1, 0.15) is 0 Å². The summed E-state index contributed by atoms with van der Waals surface area (Å²) in [4.78, 5) is 22.9. The molecule has 0 aromatic heterocycles. The Morgan fingerprint density at radius 2 is 1.94 bits per heavy atom. The quantitative estimate of drug-likeness (QED) is 0.866. The number of hydrogen-bond acceptors (Lipinski definition) is 2. The van der Waals surface area contributed by atoms with Gasteiger partial charge in [-0.2, -0.15) is 0 Å². The summed E-state index contributed by atoms with van der Waals surface area (Å²) in [5.74, 6) is -0.272. The third-order valence-electron chi connectivity index (χ3n) is 2.14. The molecule has 86 valence electrons. The van der Waals surface area contributed by atoms with Gasteiger partial charge < -0.3 is 5.32 Å². The molecule has 0 fully saturated rings. The molecule has 16 heavy (non-hydrogen) atoms. The van der Waals surface area contributed by atoms with Crippen molar-refractivity contribution >= 4 is 33.3 Å². The highest BCUT2D eigenvalue weighted by Gasteiger charge is 2.12. The number of anilines is 1. The van der Waals surface area contributed by atoms with E-state index in [-0.39, 0.29) is 17.6 Å². The average molecular weight is 284 g/mol. The topological polar surface area (TPSA) is 46.2 Å². The molecule has 1 aromatic carbocycles. The summed E-state index contributed by atoms with van der Waals surface area (Å²) in [6.07, 6.45) is 0. The molecule has 0 spiro atoms. The van der Waals surface area contributed by atoms with Crippen LogP contribution in [0.5, 0.6) is 0 Å². The lowest BCUT2D eigenvalue weighted by molar-refractivity contribution is -0.118. The van der Waals surface area contributed by atoms with Gasteiger partial charge in [-0.25, -0.2) is 0 Å². The maximum absolute atomic E-state index is 11.6. The van der Waals surface area contributed by atoms with Crippen LogP contribution in [-0.2, 0) is 4.79 Å². The van der Waals surface area contributed by atoms with Crippen LogP contribution in [0.25, 0.3) is 0 Å². The molecular formula is C12H14BrNO2. The van der Waals surface area contributed by atoms with Crippen LogP contribution in [0.1, 0.15) is 31.1 Å². The summed E-state index contributed by atoms with van der Waals surface area (Å²) in [5.41, 5.74) is 1.08. The number of ketones is 1. The summed E-state index contributed by atoms with van der Waals surface area (Å²) in [6, 6.07) is 5.21. The van der Waals surface area contributed by atoms with Gasteiger partial charge in [0, 0.05) is 16.0 Å². The summed E-state index contributed by atoms with van der Waals surface area (Å²) < 4.78 is 0.830. The molecule has 0 saturated carbocycles. The molecular weight excluding hydrogens is 270 g/mol.